The number of nitrogens with zero attached hydrogens (tertiary/aromatic N) is 2. The molecule has 8 heteroatoms. The predicted molar refractivity (Wildman–Crippen MR) is 84.6 cm³/mol. The van der Waals surface area contributed by atoms with Crippen molar-refractivity contribution >= 4 is 23.0 Å². The van der Waals surface area contributed by atoms with E-state index in [-0.39, 0.29) is 12.5 Å². The van der Waals surface area contributed by atoms with Crippen molar-refractivity contribution in [2.75, 3.05) is 37.5 Å². The fourth-order valence-electron chi connectivity index (χ4n) is 1.65. The van der Waals surface area contributed by atoms with E-state index in [1.807, 2.05) is 30.1 Å². The minimum Gasteiger partial charge on any atom is -0.395 e. The van der Waals surface area contributed by atoms with E-state index in [0.29, 0.717) is 24.6 Å². The molecule has 0 saturated heterocycles. The average molecular weight is 308 g/mol. The van der Waals surface area contributed by atoms with Crippen molar-refractivity contribution in [3.63, 3.8) is 0 Å². The van der Waals surface area contributed by atoms with E-state index in [4.69, 9.17) is 5.11 Å². The maximum absolute atomic E-state index is 11.1. The molecule has 0 fully saturated rings. The fraction of sp³-hybridized carbons (Fsp3) is 0.357. The van der Waals surface area contributed by atoms with Gasteiger partial charge in [-0.2, -0.15) is 0 Å². The van der Waals surface area contributed by atoms with Crippen LogP contribution in [0.5, 0.6) is 0 Å². The Balaban J connectivity index is 2.78. The van der Waals surface area contributed by atoms with Gasteiger partial charge in [-0.25, -0.2) is 0 Å². The smallest absolute Gasteiger partial charge is 0.221 e. The number of quaternary nitrogens is 2. The van der Waals surface area contributed by atoms with Crippen LogP contribution in [0, 0.1) is 0 Å². The summed E-state index contributed by atoms with van der Waals surface area (Å²) in [5.74, 6) is -0.145. The first kappa shape index (κ1) is 17.8. The number of carbonyl (C=O) groups is 1. The van der Waals surface area contributed by atoms with Crippen LogP contribution >= 0.6 is 0 Å². The lowest BCUT2D eigenvalue weighted by Gasteiger charge is -2.09. The third-order valence-corrected chi connectivity index (χ3v) is 2.55. The second kappa shape index (κ2) is 10.4. The SMILES string of the molecule is C[NH2+]C=C[NH2+]CN=Nc1cc(NC(C)=O)ccc1NCCO. The van der Waals surface area contributed by atoms with E-state index in [1.165, 1.54) is 6.92 Å². The molecule has 0 aromatic heterocycles. The number of carbonyl (C=O) groups excluding carboxylic acids is 1. The number of benzene rings is 1. The van der Waals surface area contributed by atoms with Gasteiger partial charge in [-0.15, -0.1) is 10.2 Å². The Morgan fingerprint density at radius 2 is 2.23 bits per heavy atom. The molecule has 0 saturated carbocycles. The molecule has 0 unspecified atom stereocenters. The number of hydrogen-bond donors (Lipinski definition) is 5. The van der Waals surface area contributed by atoms with Crippen LogP contribution in [-0.4, -0.2) is 37.9 Å². The zero-order valence-corrected chi connectivity index (χ0v) is 12.9. The maximum atomic E-state index is 11.1. The molecule has 0 radical (unpaired) electrons. The standard InChI is InChI=1S/C14H22N6O2/c1-11(22)19-12-3-4-13(17-7-8-21)14(9-12)20-18-10-16-6-5-15-2/h3-6,9,15-17,21H,7-8,10H2,1-2H3,(H,19,22)/p+2. The Hall–Kier alpha value is -2.29. The molecule has 0 bridgehead atoms. The van der Waals surface area contributed by atoms with Gasteiger partial charge in [-0.05, 0) is 18.2 Å². The fourth-order valence-corrected chi connectivity index (χ4v) is 1.65. The van der Waals surface area contributed by atoms with Crippen LogP contribution in [0.25, 0.3) is 0 Å². The number of nitrogens with two attached hydrogens (primary N) is 2. The summed E-state index contributed by atoms with van der Waals surface area (Å²) in [6.07, 6.45) is 3.82. The summed E-state index contributed by atoms with van der Waals surface area (Å²) in [6.45, 7) is 2.36. The van der Waals surface area contributed by atoms with Crippen LogP contribution in [0.15, 0.2) is 40.8 Å². The van der Waals surface area contributed by atoms with Gasteiger partial charge in [0.2, 0.25) is 5.91 Å². The van der Waals surface area contributed by atoms with Crippen LogP contribution in [-0.2, 0) is 4.79 Å². The Bertz CT molecular complexity index is 530. The summed E-state index contributed by atoms with van der Waals surface area (Å²) in [7, 11) is 1.94. The summed E-state index contributed by atoms with van der Waals surface area (Å²) in [5.41, 5.74) is 2.02. The number of aliphatic hydroxyl groups excluding tert-OH is 1. The molecular formula is C14H24N6O2+2. The van der Waals surface area contributed by atoms with Crippen LogP contribution in [0.2, 0.25) is 0 Å². The molecule has 0 spiro atoms. The van der Waals surface area contributed by atoms with Crippen molar-refractivity contribution in [2.45, 2.75) is 6.92 Å². The number of azo groups is 1. The molecule has 1 rings (SSSR count). The molecule has 0 aliphatic rings. The Morgan fingerprint density at radius 3 is 2.91 bits per heavy atom. The first-order valence-electron chi connectivity index (χ1n) is 7.09. The van der Waals surface area contributed by atoms with Crippen LogP contribution in [0.1, 0.15) is 6.92 Å². The number of amides is 1. The van der Waals surface area contributed by atoms with E-state index >= 15 is 0 Å². The number of rotatable bonds is 9. The lowest BCUT2D eigenvalue weighted by molar-refractivity contribution is -0.610. The highest BCUT2D eigenvalue weighted by Crippen LogP contribution is 2.28. The summed E-state index contributed by atoms with van der Waals surface area (Å²) < 4.78 is 0. The van der Waals surface area contributed by atoms with Gasteiger partial charge in [0.25, 0.3) is 0 Å². The van der Waals surface area contributed by atoms with Crippen molar-refractivity contribution < 1.29 is 20.5 Å². The summed E-state index contributed by atoms with van der Waals surface area (Å²) >= 11 is 0. The normalized spacial score (nSPS) is 11.2. The largest absolute Gasteiger partial charge is 0.395 e. The van der Waals surface area contributed by atoms with E-state index in [2.05, 4.69) is 20.9 Å². The Morgan fingerprint density at radius 1 is 1.41 bits per heavy atom. The molecule has 0 aliphatic carbocycles. The number of anilines is 2. The molecule has 0 aliphatic heterocycles. The van der Waals surface area contributed by atoms with Crippen molar-refractivity contribution in [2.24, 2.45) is 10.2 Å². The van der Waals surface area contributed by atoms with Crippen LogP contribution in [0.3, 0.4) is 0 Å². The van der Waals surface area contributed by atoms with Crippen molar-refractivity contribution in [1.29, 1.82) is 0 Å². The quantitative estimate of drug-likeness (QED) is 0.307. The highest BCUT2D eigenvalue weighted by atomic mass is 16.3. The van der Waals surface area contributed by atoms with Gasteiger partial charge < -0.3 is 21.1 Å². The van der Waals surface area contributed by atoms with Gasteiger partial charge in [-0.1, -0.05) is 0 Å². The topological polar surface area (TPSA) is 119 Å². The second-order valence-electron chi connectivity index (χ2n) is 4.44. The van der Waals surface area contributed by atoms with Gasteiger partial charge in [-0.3, -0.25) is 10.1 Å². The number of hydrogen-bond acceptors (Lipinski definition) is 5. The van der Waals surface area contributed by atoms with E-state index in [0.717, 1.165) is 5.69 Å². The molecule has 120 valence electrons. The van der Waals surface area contributed by atoms with Gasteiger partial charge in [0, 0.05) is 19.2 Å². The monoisotopic (exact) mass is 308 g/mol. The van der Waals surface area contributed by atoms with Gasteiger partial charge in [0.1, 0.15) is 18.1 Å². The molecule has 1 aromatic carbocycles. The maximum Gasteiger partial charge on any atom is 0.221 e. The first-order valence-corrected chi connectivity index (χ1v) is 7.09. The highest BCUT2D eigenvalue weighted by Gasteiger charge is 2.04. The number of aliphatic hydroxyl groups is 1. The molecule has 1 amide bonds. The van der Waals surface area contributed by atoms with Gasteiger partial charge >= 0.3 is 0 Å². The minimum atomic E-state index is -0.145. The average Bonchev–Trinajstić information content (AvgIpc) is 2.49. The molecule has 22 heavy (non-hydrogen) atoms. The second-order valence-corrected chi connectivity index (χ2v) is 4.44. The summed E-state index contributed by atoms with van der Waals surface area (Å²) in [6, 6.07) is 5.30. The molecule has 7 N–H and O–H groups in total. The predicted octanol–water partition coefficient (Wildman–Crippen LogP) is -0.682. The molecule has 8 nitrogen and oxygen atoms in total. The molecular weight excluding hydrogens is 284 g/mol. The van der Waals surface area contributed by atoms with E-state index < -0.39 is 0 Å². The zero-order chi connectivity index (χ0) is 16.2. The van der Waals surface area contributed by atoms with E-state index in [9.17, 15) is 4.79 Å². The summed E-state index contributed by atoms with van der Waals surface area (Å²) in [4.78, 5) is 11.1. The molecule has 1 aromatic rings. The number of nitrogens with one attached hydrogen (secondary N) is 2. The third kappa shape index (κ3) is 6.93. The van der Waals surface area contributed by atoms with Crippen molar-refractivity contribution in [1.82, 2.24) is 0 Å². The molecule has 0 heterocycles. The van der Waals surface area contributed by atoms with Crippen LogP contribution in [0.4, 0.5) is 17.1 Å². The Labute approximate surface area is 129 Å². The zero-order valence-electron chi connectivity index (χ0n) is 12.9. The van der Waals surface area contributed by atoms with Crippen molar-refractivity contribution in [3.05, 3.63) is 30.6 Å². The Kier molecular flexibility index (Phi) is 8.43. The molecule has 0 atom stereocenters. The van der Waals surface area contributed by atoms with Crippen molar-refractivity contribution in [3.8, 4) is 0 Å². The minimum absolute atomic E-state index is 0.0239. The highest BCUT2D eigenvalue weighted by molar-refractivity contribution is 5.90. The lowest BCUT2D eigenvalue weighted by Crippen LogP contribution is -2.81. The third-order valence-electron chi connectivity index (χ3n) is 2.55. The summed E-state index contributed by atoms with van der Waals surface area (Å²) in [5, 5.41) is 26.8. The lowest BCUT2D eigenvalue weighted by atomic mass is 10.2. The van der Waals surface area contributed by atoms with E-state index in [1.54, 1.807) is 18.2 Å². The first-order chi connectivity index (χ1) is 10.7. The van der Waals surface area contributed by atoms with Gasteiger partial charge in [0.15, 0.2) is 6.67 Å². The van der Waals surface area contributed by atoms with Crippen LogP contribution < -0.4 is 21.3 Å². The van der Waals surface area contributed by atoms with Gasteiger partial charge in [0.05, 0.1) is 19.3 Å².